The lowest BCUT2D eigenvalue weighted by Gasteiger charge is -2.29. The first-order valence-electron chi connectivity index (χ1n) is 4.95. The van der Waals surface area contributed by atoms with Gasteiger partial charge in [-0.05, 0) is 12.1 Å². The Morgan fingerprint density at radius 1 is 1.33 bits per heavy atom. The third-order valence-corrected chi connectivity index (χ3v) is 2.56. The second-order valence-electron chi connectivity index (χ2n) is 3.69. The Kier molecular flexibility index (Phi) is 2.68. The Balaban J connectivity index is 1.87. The fourth-order valence-corrected chi connectivity index (χ4v) is 1.56. The maximum atomic E-state index is 11.5. The summed E-state index contributed by atoms with van der Waals surface area (Å²) in [6, 6.07) is 11.1. The third-order valence-electron chi connectivity index (χ3n) is 2.56. The third kappa shape index (κ3) is 2.16. The van der Waals surface area contributed by atoms with Gasteiger partial charge in [0.1, 0.15) is 6.10 Å². The molecule has 0 aromatic heterocycles. The number of hydrogen-bond acceptors (Lipinski definition) is 3. The van der Waals surface area contributed by atoms with E-state index < -0.39 is 0 Å². The summed E-state index contributed by atoms with van der Waals surface area (Å²) in [5, 5.41) is 8.56. The maximum absolute atomic E-state index is 11.5. The Labute approximate surface area is 88.3 Å². The van der Waals surface area contributed by atoms with Crippen molar-refractivity contribution in [2.45, 2.75) is 18.9 Å². The monoisotopic (exact) mass is 201 g/mol. The van der Waals surface area contributed by atoms with E-state index in [2.05, 4.69) is 6.07 Å². The number of ether oxygens (including phenoxy) is 1. The SMILES string of the molecule is N#CC1CC(OC(=O)c2ccccc2)C1. The first-order chi connectivity index (χ1) is 7.29. The minimum Gasteiger partial charge on any atom is -0.459 e. The average Bonchev–Trinajstić information content (AvgIpc) is 2.23. The second kappa shape index (κ2) is 4.14. The molecule has 3 heteroatoms. The van der Waals surface area contributed by atoms with E-state index in [0.29, 0.717) is 18.4 Å². The number of hydrogen-bond donors (Lipinski definition) is 0. The van der Waals surface area contributed by atoms with Gasteiger partial charge in [-0.3, -0.25) is 0 Å². The van der Waals surface area contributed by atoms with Gasteiger partial charge in [0.05, 0.1) is 17.6 Å². The average molecular weight is 201 g/mol. The highest BCUT2D eigenvalue weighted by molar-refractivity contribution is 5.89. The Morgan fingerprint density at radius 3 is 2.60 bits per heavy atom. The van der Waals surface area contributed by atoms with Gasteiger partial charge in [-0.25, -0.2) is 4.79 Å². The molecule has 0 amide bonds. The van der Waals surface area contributed by atoms with Gasteiger partial charge in [-0.2, -0.15) is 5.26 Å². The molecule has 0 spiro atoms. The van der Waals surface area contributed by atoms with Crippen molar-refractivity contribution in [2.24, 2.45) is 5.92 Å². The predicted octanol–water partition coefficient (Wildman–Crippen LogP) is 2.15. The lowest BCUT2D eigenvalue weighted by Crippen LogP contribution is -2.32. The molecule has 1 aliphatic carbocycles. The van der Waals surface area contributed by atoms with Crippen molar-refractivity contribution in [1.82, 2.24) is 0 Å². The fourth-order valence-electron chi connectivity index (χ4n) is 1.56. The molecule has 76 valence electrons. The molecule has 0 N–H and O–H groups in total. The van der Waals surface area contributed by atoms with E-state index in [-0.39, 0.29) is 18.0 Å². The van der Waals surface area contributed by atoms with Crippen LogP contribution in [-0.2, 0) is 4.74 Å². The largest absolute Gasteiger partial charge is 0.459 e. The van der Waals surface area contributed by atoms with E-state index in [0.717, 1.165) is 0 Å². The number of carbonyl (C=O) groups excluding carboxylic acids is 1. The highest BCUT2D eigenvalue weighted by Crippen LogP contribution is 2.29. The number of esters is 1. The van der Waals surface area contributed by atoms with Gasteiger partial charge in [0.25, 0.3) is 0 Å². The van der Waals surface area contributed by atoms with Gasteiger partial charge in [0.15, 0.2) is 0 Å². The molecule has 1 saturated carbocycles. The second-order valence-corrected chi connectivity index (χ2v) is 3.69. The van der Waals surface area contributed by atoms with E-state index >= 15 is 0 Å². The summed E-state index contributed by atoms with van der Waals surface area (Å²) in [5.74, 6) is -0.226. The fraction of sp³-hybridized carbons (Fsp3) is 0.333. The topological polar surface area (TPSA) is 50.1 Å². The van der Waals surface area contributed by atoms with Gasteiger partial charge in [-0.15, -0.1) is 0 Å². The van der Waals surface area contributed by atoms with Crippen molar-refractivity contribution in [2.75, 3.05) is 0 Å². The van der Waals surface area contributed by atoms with Gasteiger partial charge in [-0.1, -0.05) is 18.2 Å². The van der Waals surface area contributed by atoms with Crippen LogP contribution < -0.4 is 0 Å². The maximum Gasteiger partial charge on any atom is 0.338 e. The van der Waals surface area contributed by atoms with E-state index in [4.69, 9.17) is 10.00 Å². The van der Waals surface area contributed by atoms with Gasteiger partial charge >= 0.3 is 5.97 Å². The van der Waals surface area contributed by atoms with E-state index in [1.807, 2.05) is 6.07 Å². The van der Waals surface area contributed by atoms with Crippen LogP contribution >= 0.6 is 0 Å². The van der Waals surface area contributed by atoms with Crippen LogP contribution in [0.1, 0.15) is 23.2 Å². The summed E-state index contributed by atoms with van der Waals surface area (Å²) in [4.78, 5) is 11.5. The summed E-state index contributed by atoms with van der Waals surface area (Å²) < 4.78 is 5.21. The van der Waals surface area contributed by atoms with Gasteiger partial charge in [0, 0.05) is 12.8 Å². The van der Waals surface area contributed by atoms with Crippen LogP contribution in [0.2, 0.25) is 0 Å². The molecule has 1 aliphatic rings. The number of benzene rings is 1. The Bertz CT molecular complexity index is 388. The van der Waals surface area contributed by atoms with Crippen LogP contribution in [0.4, 0.5) is 0 Å². The van der Waals surface area contributed by atoms with Gasteiger partial charge in [0.2, 0.25) is 0 Å². The quantitative estimate of drug-likeness (QED) is 0.689. The van der Waals surface area contributed by atoms with Crippen LogP contribution in [0.3, 0.4) is 0 Å². The number of rotatable bonds is 2. The smallest absolute Gasteiger partial charge is 0.338 e. The molecular formula is C12H11NO2. The lowest BCUT2D eigenvalue weighted by atomic mass is 9.83. The zero-order valence-electron chi connectivity index (χ0n) is 8.22. The highest BCUT2D eigenvalue weighted by atomic mass is 16.5. The molecule has 2 rings (SSSR count). The van der Waals surface area contributed by atoms with Crippen molar-refractivity contribution in [3.8, 4) is 6.07 Å². The number of carbonyl (C=O) groups is 1. The zero-order valence-corrected chi connectivity index (χ0v) is 8.22. The number of nitrogens with zero attached hydrogens (tertiary/aromatic N) is 1. The predicted molar refractivity (Wildman–Crippen MR) is 54.0 cm³/mol. The van der Waals surface area contributed by atoms with Crippen molar-refractivity contribution >= 4 is 5.97 Å². The Morgan fingerprint density at radius 2 is 2.00 bits per heavy atom. The summed E-state index contributed by atoms with van der Waals surface area (Å²) in [5.41, 5.74) is 0.568. The highest BCUT2D eigenvalue weighted by Gasteiger charge is 2.32. The molecule has 15 heavy (non-hydrogen) atoms. The number of nitriles is 1. The molecule has 3 nitrogen and oxygen atoms in total. The molecule has 0 radical (unpaired) electrons. The van der Waals surface area contributed by atoms with Crippen LogP contribution in [0, 0.1) is 17.2 Å². The van der Waals surface area contributed by atoms with Crippen molar-refractivity contribution < 1.29 is 9.53 Å². The molecule has 0 unspecified atom stereocenters. The molecule has 0 heterocycles. The summed E-state index contributed by atoms with van der Waals surface area (Å²) in [6.07, 6.45) is 1.28. The first kappa shape index (κ1) is 9.72. The summed E-state index contributed by atoms with van der Waals surface area (Å²) >= 11 is 0. The van der Waals surface area contributed by atoms with Crippen LogP contribution in [-0.4, -0.2) is 12.1 Å². The summed E-state index contributed by atoms with van der Waals surface area (Å²) in [6.45, 7) is 0. The van der Waals surface area contributed by atoms with Crippen LogP contribution in [0.15, 0.2) is 30.3 Å². The van der Waals surface area contributed by atoms with Crippen LogP contribution in [0.5, 0.6) is 0 Å². The molecule has 1 aromatic carbocycles. The Hall–Kier alpha value is -1.82. The normalized spacial score (nSPS) is 23.7. The molecule has 1 fully saturated rings. The molecule has 0 aliphatic heterocycles. The molecule has 1 aromatic rings. The van der Waals surface area contributed by atoms with E-state index in [9.17, 15) is 4.79 Å². The lowest BCUT2D eigenvalue weighted by molar-refractivity contribution is -0.00149. The molecule has 0 saturated heterocycles. The van der Waals surface area contributed by atoms with Crippen molar-refractivity contribution in [1.29, 1.82) is 5.26 Å². The van der Waals surface area contributed by atoms with Gasteiger partial charge < -0.3 is 4.74 Å². The van der Waals surface area contributed by atoms with Crippen molar-refractivity contribution in [3.63, 3.8) is 0 Å². The van der Waals surface area contributed by atoms with Crippen LogP contribution in [0.25, 0.3) is 0 Å². The van der Waals surface area contributed by atoms with E-state index in [1.54, 1.807) is 24.3 Å². The molecular weight excluding hydrogens is 190 g/mol. The zero-order chi connectivity index (χ0) is 10.7. The van der Waals surface area contributed by atoms with Crippen molar-refractivity contribution in [3.05, 3.63) is 35.9 Å². The molecule has 0 bridgehead atoms. The molecule has 0 atom stereocenters. The minimum absolute atomic E-state index is 0.0673. The first-order valence-corrected chi connectivity index (χ1v) is 4.95. The minimum atomic E-state index is -0.294. The standard InChI is InChI=1S/C12H11NO2/c13-8-9-6-11(7-9)15-12(14)10-4-2-1-3-5-10/h1-5,9,11H,6-7H2. The summed E-state index contributed by atoms with van der Waals surface area (Å²) in [7, 11) is 0. The van der Waals surface area contributed by atoms with E-state index in [1.165, 1.54) is 0 Å².